The van der Waals surface area contributed by atoms with E-state index < -0.39 is 0 Å². The standard InChI is InChI=1S/C2N2.Cr.Ni/c3-1-2-4;;. The molecule has 0 aliphatic heterocycles. The van der Waals surface area contributed by atoms with E-state index in [2.05, 4.69) is 0 Å². The molecule has 0 aromatic heterocycles. The first-order chi connectivity index (χ1) is 1.91. The Balaban J connectivity index is -0.0000000450. The molecule has 0 radical (unpaired) electrons. The van der Waals surface area contributed by atoms with Gasteiger partial charge in [0.25, 0.3) is 0 Å². The van der Waals surface area contributed by atoms with Gasteiger partial charge in [-0.2, -0.15) is 10.5 Å². The van der Waals surface area contributed by atoms with Gasteiger partial charge in [0.05, 0.1) is 0 Å². The fourth-order valence-corrected chi connectivity index (χ4v) is 0. The molecule has 0 aromatic carbocycles. The van der Waals surface area contributed by atoms with Crippen molar-refractivity contribution in [3.63, 3.8) is 0 Å². The van der Waals surface area contributed by atoms with Crippen LogP contribution in [0.3, 0.4) is 0 Å². The summed E-state index contributed by atoms with van der Waals surface area (Å²) in [7, 11) is 0. The van der Waals surface area contributed by atoms with Crippen molar-refractivity contribution in [3.05, 3.63) is 0 Å². The minimum atomic E-state index is 0. The summed E-state index contributed by atoms with van der Waals surface area (Å²) in [5.74, 6) is 0. The SMILES string of the molecule is N#CC#N.[Cr].[Ni]. The van der Waals surface area contributed by atoms with E-state index in [0.29, 0.717) is 0 Å². The Morgan fingerprint density at radius 1 is 1.00 bits per heavy atom. The van der Waals surface area contributed by atoms with Crippen LogP contribution in [0.5, 0.6) is 0 Å². The van der Waals surface area contributed by atoms with Gasteiger partial charge in [-0.05, 0) is 0 Å². The molecule has 6 heavy (non-hydrogen) atoms. The maximum atomic E-state index is 7.26. The van der Waals surface area contributed by atoms with Gasteiger partial charge >= 0.3 is 0 Å². The van der Waals surface area contributed by atoms with Crippen molar-refractivity contribution in [1.82, 2.24) is 0 Å². The van der Waals surface area contributed by atoms with Gasteiger partial charge in [0.15, 0.2) is 12.1 Å². The third-order valence-electron chi connectivity index (χ3n) is 0.0500. The van der Waals surface area contributed by atoms with Crippen LogP contribution >= 0.6 is 0 Å². The molecule has 0 rings (SSSR count). The Bertz CT molecular complexity index is 66.5. The van der Waals surface area contributed by atoms with Crippen LogP contribution in [-0.4, -0.2) is 0 Å². The Labute approximate surface area is 56.8 Å². The van der Waals surface area contributed by atoms with Gasteiger partial charge in [-0.15, -0.1) is 0 Å². The summed E-state index contributed by atoms with van der Waals surface area (Å²) < 4.78 is 0. The molecule has 34 valence electrons. The second-order valence-electron chi connectivity index (χ2n) is 0.224. The van der Waals surface area contributed by atoms with Crippen LogP contribution in [0, 0.1) is 22.7 Å². The zero-order valence-corrected chi connectivity index (χ0v) is 4.88. The summed E-state index contributed by atoms with van der Waals surface area (Å²) in [6, 6.07) is 2.47. The number of nitriles is 2. The van der Waals surface area contributed by atoms with E-state index in [1.54, 1.807) is 0 Å². The molecule has 0 saturated carbocycles. The number of rotatable bonds is 0. The Kier molecular flexibility index (Phi) is 55.4. The molecule has 0 N–H and O–H groups in total. The maximum Gasteiger partial charge on any atom is 0.181 e. The number of hydrogen-bond donors (Lipinski definition) is 0. The van der Waals surface area contributed by atoms with Crippen LogP contribution in [0.15, 0.2) is 0 Å². The van der Waals surface area contributed by atoms with Crippen LogP contribution in [-0.2, 0) is 33.9 Å². The van der Waals surface area contributed by atoms with Gasteiger partial charge in [-0.1, -0.05) is 0 Å². The van der Waals surface area contributed by atoms with E-state index in [1.165, 1.54) is 12.1 Å². The second-order valence-corrected chi connectivity index (χ2v) is 0.224. The molecule has 0 unspecified atom stereocenters. The van der Waals surface area contributed by atoms with Crippen LogP contribution in [0.4, 0.5) is 0 Å². The molecule has 0 spiro atoms. The van der Waals surface area contributed by atoms with Crippen LogP contribution in [0.25, 0.3) is 0 Å². The van der Waals surface area contributed by atoms with E-state index in [9.17, 15) is 0 Å². The quantitative estimate of drug-likeness (QED) is 0.472. The van der Waals surface area contributed by atoms with Gasteiger partial charge in [-0.25, -0.2) is 0 Å². The molecular weight excluding hydrogens is 163 g/mol. The normalized spacial score (nSPS) is 1.67. The Morgan fingerprint density at radius 3 is 1.17 bits per heavy atom. The summed E-state index contributed by atoms with van der Waals surface area (Å²) in [5.41, 5.74) is 0. The molecule has 0 fully saturated rings. The fraction of sp³-hybridized carbons (Fsp3) is 0. The monoisotopic (exact) mass is 162 g/mol. The summed E-state index contributed by atoms with van der Waals surface area (Å²) in [6.07, 6.45) is 0. The van der Waals surface area contributed by atoms with Gasteiger partial charge < -0.3 is 0 Å². The van der Waals surface area contributed by atoms with Gasteiger partial charge in [-0.3, -0.25) is 0 Å². The van der Waals surface area contributed by atoms with E-state index in [-0.39, 0.29) is 33.9 Å². The van der Waals surface area contributed by atoms with E-state index in [0.717, 1.165) is 0 Å². The van der Waals surface area contributed by atoms with Crippen molar-refractivity contribution in [2.45, 2.75) is 0 Å². The number of hydrogen-bond acceptors (Lipinski definition) is 2. The fourth-order valence-electron chi connectivity index (χ4n) is 0. The molecule has 0 amide bonds. The van der Waals surface area contributed by atoms with E-state index in [1.807, 2.05) is 0 Å². The smallest absolute Gasteiger partial charge is 0.181 e. The summed E-state index contributed by atoms with van der Waals surface area (Å²) in [5, 5.41) is 14.5. The molecule has 0 heterocycles. The molecule has 0 aliphatic rings. The molecule has 0 atom stereocenters. The summed E-state index contributed by atoms with van der Waals surface area (Å²) >= 11 is 0. The molecule has 0 bridgehead atoms. The molecule has 0 aliphatic carbocycles. The zero-order valence-electron chi connectivity index (χ0n) is 2.62. The van der Waals surface area contributed by atoms with Gasteiger partial charge in [0.2, 0.25) is 0 Å². The van der Waals surface area contributed by atoms with Crippen molar-refractivity contribution < 1.29 is 33.9 Å². The molecule has 0 saturated heterocycles. The van der Waals surface area contributed by atoms with Crippen molar-refractivity contribution in [3.8, 4) is 12.1 Å². The second kappa shape index (κ2) is 20.0. The summed E-state index contributed by atoms with van der Waals surface area (Å²) in [4.78, 5) is 0. The van der Waals surface area contributed by atoms with Crippen molar-refractivity contribution in [1.29, 1.82) is 10.5 Å². The van der Waals surface area contributed by atoms with Crippen LogP contribution in [0.1, 0.15) is 0 Å². The third kappa shape index (κ3) is 35.8. The zero-order chi connectivity index (χ0) is 3.41. The molecular formula is C2CrN2Ni. The maximum absolute atomic E-state index is 7.26. The minimum Gasteiger partial charge on any atom is -0.181 e. The summed E-state index contributed by atoms with van der Waals surface area (Å²) in [6.45, 7) is 0. The average molecular weight is 163 g/mol. The first kappa shape index (κ1) is 16.7. The van der Waals surface area contributed by atoms with Crippen molar-refractivity contribution in [2.75, 3.05) is 0 Å². The first-order valence-corrected chi connectivity index (χ1v) is 0.697. The molecule has 4 heteroatoms. The third-order valence-corrected chi connectivity index (χ3v) is 0.0500. The van der Waals surface area contributed by atoms with Crippen LogP contribution < -0.4 is 0 Å². The Hall–Kier alpha value is 0.00597. The van der Waals surface area contributed by atoms with E-state index in [4.69, 9.17) is 10.5 Å². The molecule has 0 aromatic rings. The first-order valence-electron chi connectivity index (χ1n) is 0.697. The predicted octanol–water partition coefficient (Wildman–Crippen LogP) is 0.0286. The van der Waals surface area contributed by atoms with Crippen molar-refractivity contribution in [2.24, 2.45) is 0 Å². The van der Waals surface area contributed by atoms with Crippen molar-refractivity contribution >= 4 is 0 Å². The topological polar surface area (TPSA) is 47.6 Å². The average Bonchev–Trinajstić information content (AvgIpc) is 1.37. The van der Waals surface area contributed by atoms with Gasteiger partial charge in [0.1, 0.15) is 0 Å². The predicted molar refractivity (Wildman–Crippen MR) is 11.2 cm³/mol. The van der Waals surface area contributed by atoms with Gasteiger partial charge in [0, 0.05) is 33.9 Å². The number of nitrogens with zero attached hydrogens (tertiary/aromatic N) is 2. The minimum absolute atomic E-state index is 0. The largest absolute Gasteiger partial charge is 0.181 e. The van der Waals surface area contributed by atoms with Crippen LogP contribution in [0.2, 0.25) is 0 Å². The Morgan fingerprint density at radius 2 is 1.17 bits per heavy atom. The van der Waals surface area contributed by atoms with E-state index >= 15 is 0 Å². The molecule has 2 nitrogen and oxygen atoms in total.